The van der Waals surface area contributed by atoms with Crippen LogP contribution in [0.25, 0.3) is 0 Å². The highest BCUT2D eigenvalue weighted by Crippen LogP contribution is 2.50. The van der Waals surface area contributed by atoms with Gasteiger partial charge in [0.05, 0.1) is 14.2 Å². The minimum atomic E-state index is -0.101. The van der Waals surface area contributed by atoms with Crippen molar-refractivity contribution in [3.05, 3.63) is 94.0 Å². The largest absolute Gasteiger partial charge is 0.504 e. The summed E-state index contributed by atoms with van der Waals surface area (Å²) >= 11 is 0. The van der Waals surface area contributed by atoms with E-state index in [2.05, 4.69) is 48.2 Å². The lowest BCUT2D eigenvalue weighted by Crippen LogP contribution is -2.34. The fourth-order valence-corrected chi connectivity index (χ4v) is 6.93. The van der Waals surface area contributed by atoms with Gasteiger partial charge >= 0.3 is 0 Å². The second-order valence-electron chi connectivity index (χ2n) is 12.1. The van der Waals surface area contributed by atoms with Crippen LogP contribution in [-0.2, 0) is 25.7 Å². The molecule has 8 rings (SSSR count). The molecule has 228 valence electrons. The van der Waals surface area contributed by atoms with Crippen LogP contribution in [0.5, 0.6) is 46.0 Å². The summed E-state index contributed by atoms with van der Waals surface area (Å²) in [5, 5.41) is 22.3. The van der Waals surface area contributed by atoms with Crippen molar-refractivity contribution in [3.8, 4) is 46.0 Å². The molecule has 4 aromatic rings. The Labute approximate surface area is 258 Å². The lowest BCUT2D eigenvalue weighted by atomic mass is 9.87. The molecule has 2 atom stereocenters. The molecule has 0 aromatic heterocycles. The van der Waals surface area contributed by atoms with E-state index in [1.54, 1.807) is 20.3 Å². The summed E-state index contributed by atoms with van der Waals surface area (Å²) in [6.45, 7) is 1.77. The number of aromatic hydroxyl groups is 2. The van der Waals surface area contributed by atoms with Crippen molar-refractivity contribution in [1.29, 1.82) is 0 Å². The van der Waals surface area contributed by atoms with Gasteiger partial charge in [-0.3, -0.25) is 9.80 Å². The number of hydrogen-bond acceptors (Lipinski definition) is 8. The fourth-order valence-electron chi connectivity index (χ4n) is 6.93. The van der Waals surface area contributed by atoms with Gasteiger partial charge in [0.2, 0.25) is 5.75 Å². The number of benzene rings is 4. The zero-order chi connectivity index (χ0) is 30.5. The van der Waals surface area contributed by atoms with Gasteiger partial charge < -0.3 is 29.2 Å². The molecule has 0 aliphatic carbocycles. The quantitative estimate of drug-likeness (QED) is 0.270. The van der Waals surface area contributed by atoms with E-state index in [1.165, 1.54) is 16.7 Å². The predicted molar refractivity (Wildman–Crippen MR) is 168 cm³/mol. The lowest BCUT2D eigenvalue weighted by molar-refractivity contribution is 0.222. The summed E-state index contributed by atoms with van der Waals surface area (Å²) in [6.07, 6.45) is 3.11. The average molecular weight is 595 g/mol. The third-order valence-electron chi connectivity index (χ3n) is 9.46. The maximum Gasteiger partial charge on any atom is 0.201 e. The Morgan fingerprint density at radius 3 is 2.11 bits per heavy atom. The van der Waals surface area contributed by atoms with Gasteiger partial charge in [-0.15, -0.1) is 0 Å². The molecular weight excluding hydrogens is 556 g/mol. The Morgan fingerprint density at radius 2 is 1.36 bits per heavy atom. The van der Waals surface area contributed by atoms with Crippen LogP contribution >= 0.6 is 0 Å². The van der Waals surface area contributed by atoms with Gasteiger partial charge in [0.15, 0.2) is 34.5 Å². The van der Waals surface area contributed by atoms with Gasteiger partial charge in [-0.25, -0.2) is 0 Å². The summed E-state index contributed by atoms with van der Waals surface area (Å²) in [7, 11) is 7.45. The molecule has 0 amide bonds. The van der Waals surface area contributed by atoms with Gasteiger partial charge in [0.1, 0.15) is 5.75 Å². The summed E-state index contributed by atoms with van der Waals surface area (Å²) in [5.74, 6) is 3.08. The van der Waals surface area contributed by atoms with Crippen molar-refractivity contribution in [2.75, 3.05) is 41.4 Å². The SMILES string of the molecule is COc1cc2c3cc1Oc1cc(ccc1O)C[C@H]1c4c(cc(OC)c(O)c4Oc4ccc(cc4)C[C@@H]3N(C)CC2)CCN1C. The van der Waals surface area contributed by atoms with Crippen LogP contribution < -0.4 is 18.9 Å². The molecule has 6 bridgehead atoms. The molecule has 0 saturated heterocycles. The first-order valence-corrected chi connectivity index (χ1v) is 15.1. The Hall–Kier alpha value is -4.40. The predicted octanol–water partition coefficient (Wildman–Crippen LogP) is 6.56. The average Bonchev–Trinajstić information content (AvgIpc) is 3.03. The van der Waals surface area contributed by atoms with Gasteiger partial charge in [-0.2, -0.15) is 0 Å². The number of phenols is 2. The molecule has 0 fully saturated rings. The smallest absolute Gasteiger partial charge is 0.201 e. The molecule has 0 saturated carbocycles. The van der Waals surface area contributed by atoms with E-state index >= 15 is 0 Å². The first kappa shape index (κ1) is 28.4. The van der Waals surface area contributed by atoms with E-state index in [-0.39, 0.29) is 23.6 Å². The number of nitrogens with zero attached hydrogens (tertiary/aromatic N) is 2. The number of hydrogen-bond donors (Lipinski definition) is 2. The summed E-state index contributed by atoms with van der Waals surface area (Å²) in [4.78, 5) is 4.65. The van der Waals surface area contributed by atoms with Gasteiger partial charge in [0, 0.05) is 30.7 Å². The molecule has 0 spiro atoms. The highest BCUT2D eigenvalue weighted by molar-refractivity contribution is 5.62. The van der Waals surface area contributed by atoms with E-state index < -0.39 is 0 Å². The highest BCUT2D eigenvalue weighted by Gasteiger charge is 2.33. The number of fused-ring (bicyclic) bond motifs is 2. The molecule has 8 heteroatoms. The Balaban J connectivity index is 1.41. The topological polar surface area (TPSA) is 83.9 Å². The second kappa shape index (κ2) is 11.3. The first-order chi connectivity index (χ1) is 21.3. The van der Waals surface area contributed by atoms with Crippen molar-refractivity contribution < 1.29 is 29.2 Å². The van der Waals surface area contributed by atoms with E-state index in [0.717, 1.165) is 49.0 Å². The summed E-state index contributed by atoms with van der Waals surface area (Å²) < 4.78 is 24.3. The minimum Gasteiger partial charge on any atom is -0.504 e. The van der Waals surface area contributed by atoms with Crippen molar-refractivity contribution in [2.45, 2.75) is 37.8 Å². The molecule has 4 heterocycles. The highest BCUT2D eigenvalue weighted by atomic mass is 16.5. The molecule has 4 aliphatic heterocycles. The monoisotopic (exact) mass is 594 g/mol. The summed E-state index contributed by atoms with van der Waals surface area (Å²) in [6, 6.07) is 19.7. The Bertz CT molecular complexity index is 1720. The number of phenolic OH excluding ortho intramolecular Hbond substituents is 2. The van der Waals surface area contributed by atoms with Gasteiger partial charge in [-0.1, -0.05) is 18.2 Å². The molecule has 2 N–H and O–H groups in total. The maximum atomic E-state index is 11.4. The zero-order valence-electron chi connectivity index (χ0n) is 25.6. The second-order valence-corrected chi connectivity index (χ2v) is 12.1. The molecule has 4 aliphatic rings. The van der Waals surface area contributed by atoms with Crippen molar-refractivity contribution in [3.63, 3.8) is 0 Å². The van der Waals surface area contributed by atoms with Crippen LogP contribution in [0.4, 0.5) is 0 Å². The van der Waals surface area contributed by atoms with Crippen LogP contribution in [0.1, 0.15) is 45.5 Å². The van der Waals surface area contributed by atoms with Crippen molar-refractivity contribution in [2.24, 2.45) is 0 Å². The maximum absolute atomic E-state index is 11.4. The molecule has 4 aromatic carbocycles. The Morgan fingerprint density at radius 1 is 0.705 bits per heavy atom. The van der Waals surface area contributed by atoms with Gasteiger partial charge in [-0.05, 0) is 110 Å². The first-order valence-electron chi connectivity index (χ1n) is 15.1. The number of rotatable bonds is 2. The standard InChI is InChI=1S/C36H38N2O6/c1-37-13-11-23-18-31(41-3)32-20-26(23)27(37)15-21-5-8-25(9-6-21)43-36-34-24(19-33(42-4)35(36)40)12-14-38(2)28(34)16-22-7-10-29(39)30(17-22)44-32/h5-10,17-20,27-28,39-40H,11-16H2,1-4H3/t27-,28-/m0/s1. The fraction of sp³-hybridized carbons (Fsp3) is 0.333. The van der Waals surface area contributed by atoms with E-state index in [9.17, 15) is 10.2 Å². The van der Waals surface area contributed by atoms with E-state index in [0.29, 0.717) is 40.9 Å². The van der Waals surface area contributed by atoms with Crippen molar-refractivity contribution in [1.82, 2.24) is 9.80 Å². The van der Waals surface area contributed by atoms with Crippen LogP contribution in [0.3, 0.4) is 0 Å². The number of ether oxygens (including phenoxy) is 4. The summed E-state index contributed by atoms with van der Waals surface area (Å²) in [5.41, 5.74) is 6.58. The molecule has 0 unspecified atom stereocenters. The van der Waals surface area contributed by atoms with Crippen LogP contribution in [0.2, 0.25) is 0 Å². The normalized spacial score (nSPS) is 19.6. The van der Waals surface area contributed by atoms with E-state index in [1.807, 2.05) is 30.3 Å². The number of methoxy groups -OCH3 is 2. The van der Waals surface area contributed by atoms with E-state index in [4.69, 9.17) is 18.9 Å². The molecule has 8 nitrogen and oxygen atoms in total. The molecule has 44 heavy (non-hydrogen) atoms. The Kier molecular flexibility index (Phi) is 7.26. The van der Waals surface area contributed by atoms with Crippen LogP contribution in [-0.4, -0.2) is 61.4 Å². The number of likely N-dealkylation sites (N-methyl/N-ethyl adjacent to an activating group) is 2. The third-order valence-corrected chi connectivity index (χ3v) is 9.46. The molecule has 0 radical (unpaired) electrons. The van der Waals surface area contributed by atoms with Crippen molar-refractivity contribution >= 4 is 0 Å². The zero-order valence-corrected chi connectivity index (χ0v) is 25.6. The lowest BCUT2D eigenvalue weighted by Gasteiger charge is -2.36. The van der Waals surface area contributed by atoms with Crippen LogP contribution in [0, 0.1) is 0 Å². The molecular formula is C36H38N2O6. The van der Waals surface area contributed by atoms with Gasteiger partial charge in [0.25, 0.3) is 0 Å². The minimum absolute atomic E-state index is 0.0123. The van der Waals surface area contributed by atoms with Crippen LogP contribution in [0.15, 0.2) is 60.7 Å². The third kappa shape index (κ3) is 4.98.